The van der Waals surface area contributed by atoms with Crippen LogP contribution in [0.2, 0.25) is 0 Å². The van der Waals surface area contributed by atoms with E-state index in [1.807, 2.05) is 17.5 Å². The van der Waals surface area contributed by atoms with Gasteiger partial charge in [-0.05, 0) is 24.8 Å². The van der Waals surface area contributed by atoms with E-state index in [9.17, 15) is 8.42 Å². The van der Waals surface area contributed by atoms with Gasteiger partial charge in [-0.2, -0.15) is 0 Å². The molecule has 0 radical (unpaired) electrons. The molecular weight excluding hydrogens is 276 g/mol. The topological polar surface area (TPSA) is 63.4 Å². The van der Waals surface area contributed by atoms with Gasteiger partial charge in [0.15, 0.2) is 0 Å². The van der Waals surface area contributed by atoms with Gasteiger partial charge in [0.2, 0.25) is 10.0 Å². The Morgan fingerprint density at radius 2 is 2.29 bits per heavy atom. The van der Waals surface area contributed by atoms with Crippen LogP contribution in [-0.2, 0) is 16.4 Å². The fraction of sp³-hybridized carbons (Fsp3) is 0.500. The van der Waals surface area contributed by atoms with E-state index in [-0.39, 0.29) is 4.99 Å². The second-order valence-corrected chi connectivity index (χ2v) is 7.60. The van der Waals surface area contributed by atoms with Gasteiger partial charge in [-0.3, -0.25) is 0 Å². The number of thiocarbonyl (C=S) groups is 1. The molecule has 0 saturated carbocycles. The molecule has 1 aromatic heterocycles. The molecule has 0 saturated heterocycles. The molecule has 0 aliphatic carbocycles. The Kier molecular flexibility index (Phi) is 5.05. The molecule has 1 unspecified atom stereocenters. The van der Waals surface area contributed by atoms with Crippen molar-refractivity contribution in [3.63, 3.8) is 0 Å². The Hall–Kier alpha value is -0.500. The second-order valence-electron chi connectivity index (χ2n) is 3.74. The fourth-order valence-corrected chi connectivity index (χ4v) is 3.51. The molecule has 0 bridgehead atoms. The Labute approximate surface area is 111 Å². The first-order chi connectivity index (χ1) is 7.85. The predicted octanol–water partition coefficient (Wildman–Crippen LogP) is 1.23. The average molecular weight is 292 g/mol. The number of hydrogen-bond donors (Lipinski definition) is 1. The van der Waals surface area contributed by atoms with E-state index >= 15 is 0 Å². The molecule has 7 heteroatoms. The van der Waals surface area contributed by atoms with Gasteiger partial charge >= 0.3 is 0 Å². The molecule has 0 aromatic carbocycles. The summed E-state index contributed by atoms with van der Waals surface area (Å²) in [5, 5.41) is 1.16. The van der Waals surface area contributed by atoms with E-state index in [1.165, 1.54) is 11.2 Å². The first-order valence-electron chi connectivity index (χ1n) is 5.12. The highest BCUT2D eigenvalue weighted by Gasteiger charge is 2.27. The molecule has 1 heterocycles. The van der Waals surface area contributed by atoms with Crippen LogP contribution >= 0.6 is 23.6 Å². The molecular formula is C10H16N2O2S3. The Balaban J connectivity index is 2.63. The van der Waals surface area contributed by atoms with Crippen molar-refractivity contribution in [2.24, 2.45) is 5.73 Å². The second kappa shape index (κ2) is 5.90. The zero-order valence-electron chi connectivity index (χ0n) is 9.79. The molecule has 2 N–H and O–H groups in total. The van der Waals surface area contributed by atoms with Crippen LogP contribution in [0.1, 0.15) is 11.8 Å². The van der Waals surface area contributed by atoms with Crippen LogP contribution in [0.15, 0.2) is 17.5 Å². The minimum Gasteiger partial charge on any atom is -0.392 e. The summed E-state index contributed by atoms with van der Waals surface area (Å²) in [7, 11) is -1.87. The summed E-state index contributed by atoms with van der Waals surface area (Å²) < 4.78 is 25.3. The summed E-state index contributed by atoms with van der Waals surface area (Å²) in [4.78, 5) is 1.17. The normalized spacial score (nSPS) is 13.8. The van der Waals surface area contributed by atoms with E-state index in [2.05, 4.69) is 0 Å². The van der Waals surface area contributed by atoms with E-state index in [4.69, 9.17) is 18.0 Å². The maximum atomic E-state index is 12.0. The van der Waals surface area contributed by atoms with Gasteiger partial charge < -0.3 is 5.73 Å². The highest BCUT2D eigenvalue weighted by molar-refractivity contribution is 7.92. The zero-order valence-corrected chi connectivity index (χ0v) is 12.2. The molecule has 0 fully saturated rings. The third-order valence-electron chi connectivity index (χ3n) is 2.54. The van der Waals surface area contributed by atoms with Gasteiger partial charge in [0.25, 0.3) is 0 Å². The summed E-state index contributed by atoms with van der Waals surface area (Å²) in [6.45, 7) is 1.95. The zero-order chi connectivity index (χ0) is 13.1. The summed E-state index contributed by atoms with van der Waals surface area (Å²) in [5.74, 6) is 0. The molecule has 0 amide bonds. The van der Waals surface area contributed by atoms with Crippen molar-refractivity contribution in [1.29, 1.82) is 0 Å². The predicted molar refractivity (Wildman–Crippen MR) is 75.8 cm³/mol. The van der Waals surface area contributed by atoms with Crippen molar-refractivity contribution in [2.75, 3.05) is 13.6 Å². The lowest BCUT2D eigenvalue weighted by Gasteiger charge is -2.20. The third kappa shape index (κ3) is 3.74. The van der Waals surface area contributed by atoms with Gasteiger partial charge in [0.05, 0.1) is 4.99 Å². The van der Waals surface area contributed by atoms with Gasteiger partial charge in [0, 0.05) is 18.5 Å². The summed E-state index contributed by atoms with van der Waals surface area (Å²) >= 11 is 6.34. The maximum Gasteiger partial charge on any atom is 0.222 e. The standard InChI is InChI=1S/C10H16N2O2S3/c1-8(10(11)15)17(13,14)12(2)6-5-9-4-3-7-16-9/h3-4,7-8H,5-6H2,1-2H3,(H2,11,15). The molecule has 0 aliphatic rings. The van der Waals surface area contributed by atoms with Gasteiger partial charge in [-0.1, -0.05) is 18.3 Å². The van der Waals surface area contributed by atoms with E-state index in [1.54, 1.807) is 18.4 Å². The van der Waals surface area contributed by atoms with Crippen LogP contribution in [0.5, 0.6) is 0 Å². The molecule has 1 rings (SSSR count). The van der Waals surface area contributed by atoms with Crippen molar-refractivity contribution < 1.29 is 8.42 Å². The third-order valence-corrected chi connectivity index (χ3v) is 6.17. The summed E-state index contributed by atoms with van der Waals surface area (Å²) in [5.41, 5.74) is 5.38. The van der Waals surface area contributed by atoms with Crippen molar-refractivity contribution in [3.8, 4) is 0 Å². The van der Waals surface area contributed by atoms with Gasteiger partial charge in [-0.25, -0.2) is 12.7 Å². The minimum absolute atomic E-state index is 0.00738. The van der Waals surface area contributed by atoms with E-state index in [0.717, 1.165) is 4.88 Å². The van der Waals surface area contributed by atoms with E-state index < -0.39 is 15.3 Å². The van der Waals surface area contributed by atoms with Crippen LogP contribution < -0.4 is 5.73 Å². The van der Waals surface area contributed by atoms with Crippen LogP contribution in [-0.4, -0.2) is 36.6 Å². The minimum atomic E-state index is -3.42. The lowest BCUT2D eigenvalue weighted by atomic mass is 10.3. The Morgan fingerprint density at radius 3 is 2.76 bits per heavy atom. The lowest BCUT2D eigenvalue weighted by molar-refractivity contribution is 0.471. The smallest absolute Gasteiger partial charge is 0.222 e. The molecule has 1 aromatic rings. The monoisotopic (exact) mass is 292 g/mol. The van der Waals surface area contributed by atoms with Crippen LogP contribution in [0, 0.1) is 0 Å². The van der Waals surface area contributed by atoms with Crippen LogP contribution in [0.4, 0.5) is 0 Å². The highest BCUT2D eigenvalue weighted by atomic mass is 32.2. The fourth-order valence-electron chi connectivity index (χ4n) is 1.27. The van der Waals surface area contributed by atoms with Crippen molar-refractivity contribution in [3.05, 3.63) is 22.4 Å². The maximum absolute atomic E-state index is 12.0. The molecule has 17 heavy (non-hydrogen) atoms. The van der Waals surface area contributed by atoms with Crippen molar-refractivity contribution in [2.45, 2.75) is 18.6 Å². The van der Waals surface area contributed by atoms with Gasteiger partial charge in [0.1, 0.15) is 5.25 Å². The SMILES string of the molecule is CC(C(N)=S)S(=O)(=O)N(C)CCc1cccs1. The van der Waals surface area contributed by atoms with E-state index in [0.29, 0.717) is 13.0 Å². The number of likely N-dealkylation sites (N-methyl/N-ethyl adjacent to an activating group) is 1. The summed E-state index contributed by atoms with van der Waals surface area (Å²) in [6.07, 6.45) is 0.706. The molecule has 1 atom stereocenters. The largest absolute Gasteiger partial charge is 0.392 e. The number of hydrogen-bond acceptors (Lipinski definition) is 4. The average Bonchev–Trinajstić information content (AvgIpc) is 2.77. The van der Waals surface area contributed by atoms with Crippen molar-refractivity contribution in [1.82, 2.24) is 4.31 Å². The number of nitrogens with two attached hydrogens (primary N) is 1. The van der Waals surface area contributed by atoms with Crippen LogP contribution in [0.3, 0.4) is 0 Å². The Bertz CT molecular complexity index is 468. The number of thiophene rings is 1. The first kappa shape index (κ1) is 14.6. The summed E-state index contributed by atoms with van der Waals surface area (Å²) in [6, 6.07) is 3.94. The van der Waals surface area contributed by atoms with Crippen molar-refractivity contribution >= 4 is 38.6 Å². The number of nitrogens with zero attached hydrogens (tertiary/aromatic N) is 1. The molecule has 0 aliphatic heterocycles. The number of rotatable bonds is 6. The lowest BCUT2D eigenvalue weighted by Crippen LogP contribution is -2.41. The highest BCUT2D eigenvalue weighted by Crippen LogP contribution is 2.12. The molecule has 96 valence electrons. The quantitative estimate of drug-likeness (QED) is 0.801. The van der Waals surface area contributed by atoms with Gasteiger partial charge in [-0.15, -0.1) is 11.3 Å². The molecule has 0 spiro atoms. The Morgan fingerprint density at radius 1 is 1.65 bits per heavy atom. The first-order valence-corrected chi connectivity index (χ1v) is 7.91. The number of sulfonamides is 1. The molecule has 4 nitrogen and oxygen atoms in total. The van der Waals surface area contributed by atoms with Crippen LogP contribution in [0.25, 0.3) is 0 Å².